The summed E-state index contributed by atoms with van der Waals surface area (Å²) in [6.07, 6.45) is 0.953. The van der Waals surface area contributed by atoms with Crippen molar-refractivity contribution in [3.8, 4) is 11.5 Å². The second kappa shape index (κ2) is 16.1. The van der Waals surface area contributed by atoms with E-state index in [-0.39, 0.29) is 35.2 Å². The number of hydrogen-bond donors (Lipinski definition) is 1. The lowest BCUT2D eigenvalue weighted by Crippen LogP contribution is -2.53. The third-order valence-electron chi connectivity index (χ3n) is 7.84. The summed E-state index contributed by atoms with van der Waals surface area (Å²) in [5.74, 6) is -0.252. The van der Waals surface area contributed by atoms with Crippen LogP contribution in [-0.2, 0) is 32.6 Å². The van der Waals surface area contributed by atoms with Crippen LogP contribution in [0.25, 0.3) is 0 Å². The van der Waals surface area contributed by atoms with Gasteiger partial charge in [-0.25, -0.2) is 8.42 Å². The molecule has 9 nitrogen and oxygen atoms in total. The second-order valence-corrected chi connectivity index (χ2v) is 13.2. The number of rotatable bonds is 15. The number of anilines is 1. The molecule has 0 aromatic heterocycles. The average molecular weight is 658 g/mol. The summed E-state index contributed by atoms with van der Waals surface area (Å²) in [4.78, 5) is 30.0. The minimum Gasteiger partial charge on any atom is -0.497 e. The molecule has 4 aromatic rings. The molecule has 0 aliphatic heterocycles. The molecule has 0 bridgehead atoms. The van der Waals surface area contributed by atoms with Gasteiger partial charge < -0.3 is 19.7 Å². The van der Waals surface area contributed by atoms with Crippen molar-refractivity contribution in [2.24, 2.45) is 0 Å². The molecule has 0 radical (unpaired) electrons. The molecule has 1 N–H and O–H groups in total. The fraction of sp³-hybridized carbons (Fsp3) is 0.297. The van der Waals surface area contributed by atoms with Gasteiger partial charge >= 0.3 is 0 Å². The molecule has 0 unspecified atom stereocenters. The van der Waals surface area contributed by atoms with E-state index in [0.717, 1.165) is 26.6 Å². The first kappa shape index (κ1) is 35.0. The zero-order chi connectivity index (χ0) is 34.0. The number of ether oxygens (including phenoxy) is 2. The fourth-order valence-corrected chi connectivity index (χ4v) is 6.57. The van der Waals surface area contributed by atoms with E-state index >= 15 is 0 Å². The summed E-state index contributed by atoms with van der Waals surface area (Å²) in [6, 6.07) is 27.4. The first-order chi connectivity index (χ1) is 22.6. The molecule has 10 heteroatoms. The van der Waals surface area contributed by atoms with Gasteiger partial charge in [0.15, 0.2) is 0 Å². The molecule has 248 valence electrons. The molecule has 0 aliphatic rings. The standard InChI is InChI=1S/C37H43N3O6S/c1-6-22-38-37(42)34(23-29-10-8-7-9-11-29)39(25-30-16-12-27(2)13-17-30)36(41)26-40(33-24-31(45-4)18-21-35(33)46-5)47(43,44)32-19-14-28(3)15-20-32/h7-21,24,34H,6,22-23,25-26H2,1-5H3,(H,38,42)/t34-/m1/s1. The van der Waals surface area contributed by atoms with Gasteiger partial charge in [-0.3, -0.25) is 13.9 Å². The summed E-state index contributed by atoms with van der Waals surface area (Å²) in [6.45, 7) is 5.71. The van der Waals surface area contributed by atoms with E-state index in [4.69, 9.17) is 9.47 Å². The number of carbonyl (C=O) groups excluding carboxylic acids is 2. The monoisotopic (exact) mass is 657 g/mol. The fourth-order valence-electron chi connectivity index (χ4n) is 5.15. The van der Waals surface area contributed by atoms with Gasteiger partial charge in [-0.1, -0.05) is 84.8 Å². The summed E-state index contributed by atoms with van der Waals surface area (Å²) in [5.41, 5.74) is 3.73. The number of methoxy groups -OCH3 is 2. The van der Waals surface area contributed by atoms with Crippen molar-refractivity contribution in [3.63, 3.8) is 0 Å². The third-order valence-corrected chi connectivity index (χ3v) is 9.61. The highest BCUT2D eigenvalue weighted by Gasteiger charge is 2.35. The second-order valence-electron chi connectivity index (χ2n) is 11.4. The molecular formula is C37H43N3O6S. The number of hydrogen-bond acceptors (Lipinski definition) is 6. The zero-order valence-electron chi connectivity index (χ0n) is 27.6. The highest BCUT2D eigenvalue weighted by atomic mass is 32.2. The first-order valence-electron chi connectivity index (χ1n) is 15.6. The normalized spacial score (nSPS) is 11.8. The Morgan fingerprint density at radius 2 is 1.45 bits per heavy atom. The Morgan fingerprint density at radius 1 is 0.809 bits per heavy atom. The third kappa shape index (κ3) is 8.92. The molecule has 0 saturated heterocycles. The molecule has 0 spiro atoms. The van der Waals surface area contributed by atoms with Gasteiger partial charge in [-0.15, -0.1) is 0 Å². The van der Waals surface area contributed by atoms with Crippen molar-refractivity contribution in [1.29, 1.82) is 0 Å². The number of sulfonamides is 1. The Bertz CT molecular complexity index is 1740. The van der Waals surface area contributed by atoms with Crippen molar-refractivity contribution >= 4 is 27.5 Å². The summed E-state index contributed by atoms with van der Waals surface area (Å²) >= 11 is 0. The molecule has 2 amide bonds. The Hall–Kier alpha value is -4.83. The van der Waals surface area contributed by atoms with Gasteiger partial charge in [-0.05, 0) is 55.7 Å². The topological polar surface area (TPSA) is 105 Å². The quantitative estimate of drug-likeness (QED) is 0.176. The van der Waals surface area contributed by atoms with Gasteiger partial charge in [0.2, 0.25) is 11.8 Å². The van der Waals surface area contributed by atoms with E-state index in [1.807, 2.05) is 75.4 Å². The van der Waals surface area contributed by atoms with Crippen LogP contribution in [0.2, 0.25) is 0 Å². The number of aryl methyl sites for hydroxylation is 2. The molecule has 0 fully saturated rings. The number of benzene rings is 4. The average Bonchev–Trinajstić information content (AvgIpc) is 3.08. The Kier molecular flexibility index (Phi) is 12.0. The van der Waals surface area contributed by atoms with Crippen LogP contribution in [0.5, 0.6) is 11.5 Å². The Morgan fingerprint density at radius 3 is 2.04 bits per heavy atom. The molecule has 47 heavy (non-hydrogen) atoms. The highest BCUT2D eigenvalue weighted by molar-refractivity contribution is 7.92. The maximum atomic E-state index is 14.7. The van der Waals surface area contributed by atoms with Crippen LogP contribution in [-0.4, -0.2) is 58.5 Å². The lowest BCUT2D eigenvalue weighted by Gasteiger charge is -2.34. The molecule has 0 heterocycles. The van der Waals surface area contributed by atoms with Crippen molar-refractivity contribution in [3.05, 3.63) is 119 Å². The van der Waals surface area contributed by atoms with Crippen molar-refractivity contribution in [2.75, 3.05) is 31.6 Å². The van der Waals surface area contributed by atoms with Gasteiger partial charge in [0.25, 0.3) is 10.0 Å². The minimum absolute atomic E-state index is 0.00684. The zero-order valence-corrected chi connectivity index (χ0v) is 28.4. The predicted molar refractivity (Wildman–Crippen MR) is 184 cm³/mol. The van der Waals surface area contributed by atoms with Crippen LogP contribution in [0.4, 0.5) is 5.69 Å². The van der Waals surface area contributed by atoms with Crippen LogP contribution in [0, 0.1) is 13.8 Å². The van der Waals surface area contributed by atoms with E-state index in [9.17, 15) is 18.0 Å². The molecular weight excluding hydrogens is 614 g/mol. The number of nitrogens with zero attached hydrogens (tertiary/aromatic N) is 2. The number of amides is 2. The Labute approximate surface area is 278 Å². The number of carbonyl (C=O) groups is 2. The van der Waals surface area contributed by atoms with E-state index in [0.29, 0.717) is 18.7 Å². The van der Waals surface area contributed by atoms with E-state index < -0.39 is 28.5 Å². The SMILES string of the molecule is CCCNC(=O)[C@@H](Cc1ccccc1)N(Cc1ccc(C)cc1)C(=O)CN(c1cc(OC)ccc1OC)S(=O)(=O)c1ccc(C)cc1. The molecule has 1 atom stereocenters. The van der Waals surface area contributed by atoms with Gasteiger partial charge in [0, 0.05) is 25.6 Å². The Balaban J connectivity index is 1.85. The van der Waals surface area contributed by atoms with Crippen molar-refractivity contribution < 1.29 is 27.5 Å². The maximum absolute atomic E-state index is 14.7. The van der Waals surface area contributed by atoms with Crippen LogP contribution >= 0.6 is 0 Å². The van der Waals surface area contributed by atoms with Crippen LogP contribution in [0.1, 0.15) is 35.6 Å². The maximum Gasteiger partial charge on any atom is 0.264 e. The molecule has 4 rings (SSSR count). The summed E-state index contributed by atoms with van der Waals surface area (Å²) < 4.78 is 40.8. The van der Waals surface area contributed by atoms with Crippen LogP contribution < -0.4 is 19.1 Å². The van der Waals surface area contributed by atoms with Gasteiger partial charge in [-0.2, -0.15) is 0 Å². The molecule has 0 aliphatic carbocycles. The molecule has 0 saturated carbocycles. The summed E-state index contributed by atoms with van der Waals surface area (Å²) in [5, 5.41) is 2.96. The van der Waals surface area contributed by atoms with E-state index in [2.05, 4.69) is 5.32 Å². The first-order valence-corrected chi connectivity index (χ1v) is 17.0. The van der Waals surface area contributed by atoms with Crippen LogP contribution in [0.3, 0.4) is 0 Å². The lowest BCUT2D eigenvalue weighted by molar-refractivity contribution is -0.140. The van der Waals surface area contributed by atoms with Crippen molar-refractivity contribution in [1.82, 2.24) is 10.2 Å². The predicted octanol–water partition coefficient (Wildman–Crippen LogP) is 5.68. The van der Waals surface area contributed by atoms with Crippen LogP contribution in [0.15, 0.2) is 102 Å². The highest BCUT2D eigenvalue weighted by Crippen LogP contribution is 2.36. The van der Waals surface area contributed by atoms with Crippen molar-refractivity contribution in [2.45, 2.75) is 51.1 Å². The lowest BCUT2D eigenvalue weighted by atomic mass is 10.0. The molecule has 4 aromatic carbocycles. The number of nitrogens with one attached hydrogen (secondary N) is 1. The van der Waals surface area contributed by atoms with E-state index in [1.54, 1.807) is 24.3 Å². The van der Waals surface area contributed by atoms with E-state index in [1.165, 1.54) is 37.3 Å². The van der Waals surface area contributed by atoms with Gasteiger partial charge in [0.05, 0.1) is 24.8 Å². The summed E-state index contributed by atoms with van der Waals surface area (Å²) in [7, 11) is -1.40. The smallest absolute Gasteiger partial charge is 0.264 e. The minimum atomic E-state index is -4.30. The largest absolute Gasteiger partial charge is 0.497 e. The van der Waals surface area contributed by atoms with Gasteiger partial charge in [0.1, 0.15) is 24.1 Å².